The Morgan fingerprint density at radius 2 is 0.459 bits per heavy atom. The van der Waals surface area contributed by atoms with Gasteiger partial charge in [0.05, 0.1) is 0 Å². The molecule has 0 fully saturated rings. The van der Waals surface area contributed by atoms with Gasteiger partial charge in [-0.3, -0.25) is 0 Å². The monoisotopic (exact) mass is 535 g/mol. The summed E-state index contributed by atoms with van der Waals surface area (Å²) in [5, 5.41) is 0. The van der Waals surface area contributed by atoms with Crippen molar-refractivity contribution in [3.05, 3.63) is 121 Å². The number of hydrogen-bond acceptors (Lipinski definition) is 0. The molecule has 201 valence electrons. The van der Waals surface area contributed by atoms with Crippen molar-refractivity contribution in [3.8, 4) is 0 Å². The van der Waals surface area contributed by atoms with Crippen molar-refractivity contribution >= 4 is 0 Å². The maximum atomic E-state index is 2.25. The maximum absolute atomic E-state index is 2.25. The summed E-state index contributed by atoms with van der Waals surface area (Å²) in [4.78, 5) is 0. The molecular formula is C36H51Cr. The molecule has 0 saturated heterocycles. The summed E-state index contributed by atoms with van der Waals surface area (Å²) in [5.41, 5.74) is 16.7. The predicted octanol–water partition coefficient (Wildman–Crippen LogP) is 10.7. The summed E-state index contributed by atoms with van der Waals surface area (Å²) in [6, 6.07) is 13.5. The van der Waals surface area contributed by atoms with E-state index in [0.717, 1.165) is 0 Å². The third-order valence-corrected chi connectivity index (χ3v) is 6.53. The van der Waals surface area contributed by atoms with Crippen molar-refractivity contribution < 1.29 is 17.4 Å². The van der Waals surface area contributed by atoms with Gasteiger partial charge < -0.3 is 0 Å². The molecule has 0 spiro atoms. The van der Waals surface area contributed by atoms with Crippen LogP contribution in [0.3, 0.4) is 0 Å². The van der Waals surface area contributed by atoms with Crippen molar-refractivity contribution in [2.45, 2.75) is 104 Å². The molecule has 0 bridgehead atoms. The van der Waals surface area contributed by atoms with Crippen LogP contribution in [0.4, 0.5) is 0 Å². The Kier molecular flexibility index (Phi) is 14.4. The molecule has 0 heterocycles. The van der Waals surface area contributed by atoms with Gasteiger partial charge in [-0.2, -0.15) is 67.8 Å². The average molecular weight is 536 g/mol. The Hall–Kier alpha value is -2.20. The molecule has 3 aromatic rings. The topological polar surface area (TPSA) is 0 Å². The van der Waals surface area contributed by atoms with Gasteiger partial charge >= 0.3 is 17.4 Å². The summed E-state index contributed by atoms with van der Waals surface area (Å²) in [6.45, 7) is 32.6. The van der Waals surface area contributed by atoms with Crippen molar-refractivity contribution in [2.75, 3.05) is 0 Å². The summed E-state index contributed by atoms with van der Waals surface area (Å²) < 4.78 is 0. The van der Waals surface area contributed by atoms with Crippen molar-refractivity contribution in [2.24, 2.45) is 0 Å². The second-order valence-electron chi connectivity index (χ2n) is 11.3. The molecule has 0 nitrogen and oxygen atoms in total. The van der Waals surface area contributed by atoms with E-state index in [1.807, 2.05) is 0 Å². The summed E-state index contributed by atoms with van der Waals surface area (Å²) in [6.07, 6.45) is 0. The van der Waals surface area contributed by atoms with Gasteiger partial charge in [-0.25, -0.2) is 0 Å². The molecule has 0 aliphatic carbocycles. The van der Waals surface area contributed by atoms with Gasteiger partial charge in [0.25, 0.3) is 0 Å². The minimum absolute atomic E-state index is 0. The molecule has 1 heteroatoms. The summed E-state index contributed by atoms with van der Waals surface area (Å²) in [5.74, 6) is 4.22. The second-order valence-corrected chi connectivity index (χ2v) is 11.3. The zero-order valence-corrected chi connectivity index (χ0v) is 27.6. The van der Waals surface area contributed by atoms with E-state index in [4.69, 9.17) is 0 Å². The second kappa shape index (κ2) is 15.3. The third-order valence-electron chi connectivity index (χ3n) is 6.53. The van der Waals surface area contributed by atoms with Crippen LogP contribution in [-0.4, -0.2) is 0 Å². The zero-order chi connectivity index (χ0) is 27.9. The Morgan fingerprint density at radius 3 is 0.568 bits per heavy atom. The third kappa shape index (κ3) is 10.2. The van der Waals surface area contributed by atoms with E-state index in [9.17, 15) is 0 Å². The normalized spacial score (nSPS) is 9.81. The van der Waals surface area contributed by atoms with Gasteiger partial charge in [-0.15, -0.1) is 36.4 Å². The van der Waals surface area contributed by atoms with E-state index in [1.54, 1.807) is 0 Å². The zero-order valence-electron chi connectivity index (χ0n) is 26.4. The molecule has 0 unspecified atom stereocenters. The molecule has 0 atom stereocenters. The van der Waals surface area contributed by atoms with Crippen LogP contribution in [0.15, 0.2) is 36.4 Å². The Labute approximate surface area is 241 Å². The van der Waals surface area contributed by atoms with Gasteiger partial charge in [0, 0.05) is 0 Å². The van der Waals surface area contributed by atoms with Gasteiger partial charge in [0.2, 0.25) is 0 Å². The molecule has 0 aliphatic heterocycles. The molecule has 0 N–H and O–H groups in total. The number of aryl methyl sites for hydroxylation is 9. The molecule has 0 amide bonds. The van der Waals surface area contributed by atoms with Crippen LogP contribution in [-0.2, 0) is 17.4 Å². The molecule has 0 aliphatic rings. The molecule has 0 aromatic heterocycles. The number of rotatable bonds is 3. The fraction of sp³-hybridized carbons (Fsp3) is 0.417. The first kappa shape index (κ1) is 34.8. The molecule has 3 rings (SSSR count). The van der Waals surface area contributed by atoms with E-state index >= 15 is 0 Å². The minimum Gasteiger partial charge on any atom is -0.183 e. The van der Waals surface area contributed by atoms with E-state index in [2.05, 4.69) is 140 Å². The number of hydrogen-bond donors (Lipinski definition) is 0. The Morgan fingerprint density at radius 1 is 0.324 bits per heavy atom. The fourth-order valence-corrected chi connectivity index (χ4v) is 5.91. The van der Waals surface area contributed by atoms with Gasteiger partial charge in [-0.1, -0.05) is 99.8 Å². The fourth-order valence-electron chi connectivity index (χ4n) is 5.91. The largest absolute Gasteiger partial charge is 3.00 e. The standard InChI is InChI=1S/3C12H17.Cr/c3*1-8(2)12-10(4)6-9(3)7-11(12)5;/h3*6-7H,1-5H3;/q3*-1;+3. The van der Waals surface area contributed by atoms with E-state index in [-0.39, 0.29) is 17.4 Å². The van der Waals surface area contributed by atoms with Crippen LogP contribution in [0.2, 0.25) is 0 Å². The molecule has 1 radical (unpaired) electrons. The summed E-state index contributed by atoms with van der Waals surface area (Å²) in [7, 11) is 0. The molecule has 37 heavy (non-hydrogen) atoms. The predicted molar refractivity (Wildman–Crippen MR) is 163 cm³/mol. The van der Waals surface area contributed by atoms with E-state index < -0.39 is 0 Å². The van der Waals surface area contributed by atoms with Crippen molar-refractivity contribution in [1.29, 1.82) is 0 Å². The van der Waals surface area contributed by atoms with Crippen LogP contribution in [0.1, 0.15) is 108 Å². The minimum atomic E-state index is 0. The average Bonchev–Trinajstić information content (AvgIpc) is 2.65. The van der Waals surface area contributed by atoms with Crippen LogP contribution < -0.4 is 0 Å². The van der Waals surface area contributed by atoms with Crippen molar-refractivity contribution in [3.63, 3.8) is 0 Å². The first-order valence-corrected chi connectivity index (χ1v) is 13.2. The molecular weight excluding hydrogens is 484 g/mol. The van der Waals surface area contributed by atoms with Crippen LogP contribution in [0, 0.1) is 80.1 Å². The van der Waals surface area contributed by atoms with Gasteiger partial charge in [0.1, 0.15) is 0 Å². The Bertz CT molecular complexity index is 930. The quantitative estimate of drug-likeness (QED) is 0.293. The van der Waals surface area contributed by atoms with E-state index in [1.165, 1.54) is 84.5 Å². The van der Waals surface area contributed by atoms with Crippen LogP contribution in [0.5, 0.6) is 0 Å². The Balaban J connectivity index is 0.000000518. The van der Waals surface area contributed by atoms with Crippen LogP contribution in [0.25, 0.3) is 0 Å². The first-order chi connectivity index (χ1) is 16.6. The van der Waals surface area contributed by atoms with E-state index in [0.29, 0.717) is 0 Å². The van der Waals surface area contributed by atoms with Crippen molar-refractivity contribution in [1.82, 2.24) is 0 Å². The molecule has 0 saturated carbocycles. The smallest absolute Gasteiger partial charge is 0.183 e. The van der Waals surface area contributed by atoms with Crippen LogP contribution >= 0.6 is 0 Å². The van der Waals surface area contributed by atoms with Gasteiger partial charge in [-0.05, 0) is 20.8 Å². The SMILES string of the molecule is Cc1cc(C)c([C-](C)C)c(C)c1.Cc1cc(C)c([C-](C)C)c(C)c1.Cc1cc(C)c([C-](C)C)c(C)c1.[Cr+3]. The maximum Gasteiger partial charge on any atom is 3.00 e. The summed E-state index contributed by atoms with van der Waals surface area (Å²) >= 11 is 0. The first-order valence-electron chi connectivity index (χ1n) is 13.2. The molecule has 3 aromatic carbocycles. The number of benzene rings is 3. The van der Waals surface area contributed by atoms with Gasteiger partial charge in [0.15, 0.2) is 0 Å².